The van der Waals surface area contributed by atoms with Crippen molar-refractivity contribution in [3.05, 3.63) is 23.9 Å². The van der Waals surface area contributed by atoms with Crippen molar-refractivity contribution in [3.8, 4) is 5.88 Å². The number of pyridine rings is 1. The maximum atomic E-state index is 12.9. The summed E-state index contributed by atoms with van der Waals surface area (Å²) in [5, 5.41) is 17.4. The average molecular weight is 233 g/mol. The van der Waals surface area contributed by atoms with E-state index >= 15 is 0 Å². The zero-order chi connectivity index (χ0) is 12.3. The number of aromatic nitrogens is 1. The van der Waals surface area contributed by atoms with Crippen molar-refractivity contribution in [3.63, 3.8) is 0 Å². The first-order valence-electron chi connectivity index (χ1n) is 4.18. The van der Waals surface area contributed by atoms with Gasteiger partial charge in [-0.3, -0.25) is 0 Å². The van der Waals surface area contributed by atoms with Gasteiger partial charge in [0.2, 0.25) is 5.88 Å². The van der Waals surface area contributed by atoms with Crippen molar-refractivity contribution in [2.24, 2.45) is 0 Å². The molecular weight excluding hydrogens is 224 g/mol. The fraction of sp³-hybridized carbons (Fsp3) is 0.333. The van der Waals surface area contributed by atoms with Crippen LogP contribution in [-0.2, 0) is 4.79 Å². The van der Waals surface area contributed by atoms with Gasteiger partial charge in [-0.1, -0.05) is 0 Å². The minimum atomic E-state index is -4.25. The monoisotopic (exact) mass is 233 g/mol. The van der Waals surface area contributed by atoms with Gasteiger partial charge in [0.15, 0.2) is 6.10 Å². The summed E-state index contributed by atoms with van der Waals surface area (Å²) in [6.45, 7) is 0. The molecule has 1 aromatic heterocycles. The van der Waals surface area contributed by atoms with E-state index in [1.807, 2.05) is 0 Å². The molecular formula is C9H9F2NO4. The Bertz CT molecular complexity index is 380. The zero-order valence-electron chi connectivity index (χ0n) is 8.22. The molecule has 2 N–H and O–H groups in total. The van der Waals surface area contributed by atoms with Crippen molar-refractivity contribution in [1.82, 2.24) is 4.98 Å². The third kappa shape index (κ3) is 2.25. The largest absolute Gasteiger partial charge is 0.481 e. The number of alkyl halides is 2. The molecule has 0 aromatic carbocycles. The third-order valence-electron chi connectivity index (χ3n) is 1.91. The number of rotatable bonds is 4. The highest BCUT2D eigenvalue weighted by molar-refractivity contribution is 5.76. The summed E-state index contributed by atoms with van der Waals surface area (Å²) in [6.07, 6.45) is -1.51. The van der Waals surface area contributed by atoms with Gasteiger partial charge < -0.3 is 14.9 Å². The Morgan fingerprint density at radius 2 is 2.19 bits per heavy atom. The Kier molecular flexibility index (Phi) is 3.38. The standard InChI is InChI=1S/C9H9F2NO4/c1-16-6-3-2-5(4-12-6)7(13)9(10,11)8(14)15/h2-4,7,13H,1H3,(H,14,15). The summed E-state index contributed by atoms with van der Waals surface area (Å²) in [7, 11) is 1.34. The van der Waals surface area contributed by atoms with E-state index in [1.165, 1.54) is 13.2 Å². The summed E-state index contributed by atoms with van der Waals surface area (Å²) in [5.74, 6) is -6.47. The van der Waals surface area contributed by atoms with Crippen molar-refractivity contribution >= 4 is 5.97 Å². The summed E-state index contributed by atoms with van der Waals surface area (Å²) in [6, 6.07) is 2.36. The number of aliphatic hydroxyl groups excluding tert-OH is 1. The van der Waals surface area contributed by atoms with Crippen LogP contribution in [0.3, 0.4) is 0 Å². The third-order valence-corrected chi connectivity index (χ3v) is 1.91. The summed E-state index contributed by atoms with van der Waals surface area (Å²) >= 11 is 0. The highest BCUT2D eigenvalue weighted by Gasteiger charge is 2.47. The van der Waals surface area contributed by atoms with E-state index in [-0.39, 0.29) is 11.4 Å². The van der Waals surface area contributed by atoms with E-state index in [0.717, 1.165) is 12.3 Å². The van der Waals surface area contributed by atoms with E-state index in [4.69, 9.17) is 5.11 Å². The number of carboxylic acids is 1. The Labute approximate surface area is 89.3 Å². The molecule has 0 aliphatic carbocycles. The molecule has 5 nitrogen and oxygen atoms in total. The Balaban J connectivity index is 2.96. The van der Waals surface area contributed by atoms with Gasteiger partial charge >= 0.3 is 11.9 Å². The number of hydrogen-bond acceptors (Lipinski definition) is 4. The fourth-order valence-corrected chi connectivity index (χ4v) is 1.00. The summed E-state index contributed by atoms with van der Waals surface area (Å²) in [4.78, 5) is 13.8. The van der Waals surface area contributed by atoms with Crippen molar-refractivity contribution in [2.45, 2.75) is 12.0 Å². The predicted molar refractivity (Wildman–Crippen MR) is 48.3 cm³/mol. The number of ether oxygens (including phenoxy) is 1. The van der Waals surface area contributed by atoms with Crippen LogP contribution in [0.4, 0.5) is 8.78 Å². The number of aliphatic carboxylic acids is 1. The van der Waals surface area contributed by atoms with Gasteiger partial charge in [-0.05, 0) is 6.07 Å². The molecule has 1 heterocycles. The molecule has 1 aromatic rings. The maximum absolute atomic E-state index is 12.9. The molecule has 0 fully saturated rings. The average Bonchev–Trinajstić information content (AvgIpc) is 2.28. The predicted octanol–water partition coefficient (Wildman–Crippen LogP) is 0.843. The second-order valence-corrected chi connectivity index (χ2v) is 2.96. The minimum absolute atomic E-state index is 0.176. The minimum Gasteiger partial charge on any atom is -0.481 e. The van der Waals surface area contributed by atoms with Crippen LogP contribution in [0.25, 0.3) is 0 Å². The molecule has 16 heavy (non-hydrogen) atoms. The smallest absolute Gasteiger partial charge is 0.377 e. The molecule has 7 heteroatoms. The van der Waals surface area contributed by atoms with Crippen LogP contribution in [0.15, 0.2) is 18.3 Å². The summed E-state index contributed by atoms with van der Waals surface area (Å²) in [5.41, 5.74) is -0.298. The van der Waals surface area contributed by atoms with Crippen LogP contribution in [0, 0.1) is 0 Å². The zero-order valence-corrected chi connectivity index (χ0v) is 8.22. The molecule has 1 unspecified atom stereocenters. The van der Waals surface area contributed by atoms with E-state index in [2.05, 4.69) is 9.72 Å². The highest BCUT2D eigenvalue weighted by Crippen LogP contribution is 2.31. The molecule has 0 saturated heterocycles. The van der Waals surface area contributed by atoms with Crippen molar-refractivity contribution < 1.29 is 28.5 Å². The van der Waals surface area contributed by atoms with Gasteiger partial charge in [0, 0.05) is 17.8 Å². The molecule has 0 bridgehead atoms. The Morgan fingerprint density at radius 3 is 2.56 bits per heavy atom. The maximum Gasteiger partial charge on any atom is 0.377 e. The quantitative estimate of drug-likeness (QED) is 0.805. The molecule has 0 radical (unpaired) electrons. The van der Waals surface area contributed by atoms with Gasteiger partial charge in [-0.15, -0.1) is 0 Å². The normalized spacial score (nSPS) is 13.2. The molecule has 1 rings (SSSR count). The molecule has 0 saturated carbocycles. The molecule has 0 amide bonds. The van der Waals surface area contributed by atoms with E-state index in [9.17, 15) is 18.7 Å². The highest BCUT2D eigenvalue weighted by atomic mass is 19.3. The lowest BCUT2D eigenvalue weighted by molar-refractivity contribution is -0.182. The molecule has 0 aliphatic rings. The van der Waals surface area contributed by atoms with Gasteiger partial charge in [-0.2, -0.15) is 8.78 Å². The SMILES string of the molecule is COc1ccc(C(O)C(F)(F)C(=O)O)cn1. The lowest BCUT2D eigenvalue weighted by atomic mass is 10.1. The molecule has 88 valence electrons. The van der Waals surface area contributed by atoms with Crippen LogP contribution in [0.2, 0.25) is 0 Å². The van der Waals surface area contributed by atoms with Crippen LogP contribution in [0.1, 0.15) is 11.7 Å². The number of methoxy groups -OCH3 is 1. The first-order valence-corrected chi connectivity index (χ1v) is 4.18. The fourth-order valence-electron chi connectivity index (χ4n) is 1.00. The van der Waals surface area contributed by atoms with Crippen LogP contribution in [0.5, 0.6) is 5.88 Å². The lowest BCUT2D eigenvalue weighted by Gasteiger charge is -2.18. The van der Waals surface area contributed by atoms with Crippen molar-refractivity contribution in [1.29, 1.82) is 0 Å². The van der Waals surface area contributed by atoms with Gasteiger partial charge in [0.25, 0.3) is 0 Å². The first-order chi connectivity index (χ1) is 7.39. The van der Waals surface area contributed by atoms with Gasteiger partial charge in [0.1, 0.15) is 0 Å². The lowest BCUT2D eigenvalue weighted by Crippen LogP contribution is -2.35. The molecule has 1 atom stereocenters. The number of halogens is 2. The number of aliphatic hydroxyl groups is 1. The Hall–Kier alpha value is -1.76. The summed E-state index contributed by atoms with van der Waals surface area (Å²) < 4.78 is 30.5. The van der Waals surface area contributed by atoms with Gasteiger partial charge in [0.05, 0.1) is 7.11 Å². The number of hydrogen-bond donors (Lipinski definition) is 2. The Morgan fingerprint density at radius 1 is 1.56 bits per heavy atom. The van der Waals surface area contributed by atoms with Gasteiger partial charge in [-0.25, -0.2) is 9.78 Å². The second-order valence-electron chi connectivity index (χ2n) is 2.96. The van der Waals surface area contributed by atoms with Crippen LogP contribution in [-0.4, -0.2) is 34.2 Å². The molecule has 0 aliphatic heterocycles. The number of carboxylic acid groups (broad SMARTS) is 1. The van der Waals surface area contributed by atoms with E-state index in [0.29, 0.717) is 0 Å². The van der Waals surface area contributed by atoms with Crippen LogP contribution >= 0.6 is 0 Å². The topological polar surface area (TPSA) is 79.7 Å². The van der Waals surface area contributed by atoms with E-state index < -0.39 is 18.0 Å². The number of carbonyl (C=O) groups is 1. The second kappa shape index (κ2) is 4.40. The molecule has 0 spiro atoms. The number of nitrogens with zero attached hydrogens (tertiary/aromatic N) is 1. The van der Waals surface area contributed by atoms with Crippen LogP contribution < -0.4 is 4.74 Å². The first kappa shape index (κ1) is 12.3. The van der Waals surface area contributed by atoms with Crippen molar-refractivity contribution in [2.75, 3.05) is 7.11 Å². The van der Waals surface area contributed by atoms with E-state index in [1.54, 1.807) is 0 Å².